The second-order valence-corrected chi connectivity index (χ2v) is 8.89. The monoisotopic (exact) mass is 365 g/mol. The molecule has 4 nitrogen and oxygen atoms in total. The normalized spacial score (nSPS) is 24.6. The molecule has 3 rings (SSSR count). The van der Waals surface area contributed by atoms with E-state index in [4.69, 9.17) is 4.74 Å². The fourth-order valence-corrected chi connectivity index (χ4v) is 4.46. The molecular weight excluding hydrogens is 341 g/mol. The largest absolute Gasteiger partial charge is 0.444 e. The fourth-order valence-electron chi connectivity index (χ4n) is 3.29. The van der Waals surface area contributed by atoms with Crippen LogP contribution in [0.4, 0.5) is 9.18 Å². The first kappa shape index (κ1) is 18.1. The van der Waals surface area contributed by atoms with Gasteiger partial charge in [0.2, 0.25) is 0 Å². The highest BCUT2D eigenvalue weighted by Crippen LogP contribution is 2.41. The van der Waals surface area contributed by atoms with Crippen LogP contribution >= 0.6 is 11.3 Å². The molecule has 2 heterocycles. The van der Waals surface area contributed by atoms with Gasteiger partial charge in [0.15, 0.2) is 0 Å². The summed E-state index contributed by atoms with van der Waals surface area (Å²) in [6.45, 7) is 7.86. The molecule has 1 aromatic heterocycles. The third kappa shape index (κ3) is 3.80. The highest BCUT2D eigenvalue weighted by molar-refractivity contribution is 7.19. The number of fused-ring (bicyclic) bond motifs is 1. The Morgan fingerprint density at radius 2 is 2.12 bits per heavy atom. The molecule has 0 saturated carbocycles. The summed E-state index contributed by atoms with van der Waals surface area (Å²) in [5.41, 5.74) is -1.54. The molecule has 1 aliphatic rings. The Morgan fingerprint density at radius 3 is 2.76 bits per heavy atom. The third-order valence-corrected chi connectivity index (χ3v) is 5.81. The highest BCUT2D eigenvalue weighted by Gasteiger charge is 2.41. The Labute approximate surface area is 151 Å². The van der Waals surface area contributed by atoms with Gasteiger partial charge in [-0.3, -0.25) is 0 Å². The second-order valence-electron chi connectivity index (χ2n) is 7.80. The maximum atomic E-state index is 13.4. The Kier molecular flexibility index (Phi) is 4.54. The number of amides is 1. The van der Waals surface area contributed by atoms with E-state index in [0.717, 1.165) is 15.0 Å². The number of aliphatic hydroxyl groups is 1. The van der Waals surface area contributed by atoms with Crippen molar-refractivity contribution >= 4 is 27.5 Å². The average Bonchev–Trinajstić information content (AvgIpc) is 2.89. The van der Waals surface area contributed by atoms with Crippen LogP contribution in [0, 0.1) is 5.82 Å². The van der Waals surface area contributed by atoms with Gasteiger partial charge in [-0.05, 0) is 63.8 Å². The van der Waals surface area contributed by atoms with E-state index in [2.05, 4.69) is 0 Å². The van der Waals surface area contributed by atoms with Crippen LogP contribution in [0.25, 0.3) is 10.1 Å². The maximum Gasteiger partial charge on any atom is 0.410 e. The molecular formula is C19H24FNO3S. The fraction of sp³-hybridized carbons (Fsp3) is 0.526. The van der Waals surface area contributed by atoms with Crippen LogP contribution in [0.15, 0.2) is 24.3 Å². The van der Waals surface area contributed by atoms with Crippen LogP contribution in [0.1, 0.15) is 45.4 Å². The number of piperidine rings is 1. The molecule has 0 spiro atoms. The van der Waals surface area contributed by atoms with Crippen LogP contribution in [-0.4, -0.2) is 34.3 Å². The molecule has 6 heteroatoms. The van der Waals surface area contributed by atoms with Gasteiger partial charge in [0.05, 0.1) is 0 Å². The van der Waals surface area contributed by atoms with E-state index in [1.165, 1.54) is 23.5 Å². The molecule has 0 radical (unpaired) electrons. The van der Waals surface area contributed by atoms with Crippen molar-refractivity contribution in [2.45, 2.75) is 57.8 Å². The number of thiophene rings is 1. The standard InChI is InChI=1S/C19H24FNO3S/c1-12-11-19(23,7-8-21(12)17(22)24-18(2,3)4)16-10-13-9-14(20)5-6-15(13)25-16/h5-6,9-10,12,23H,7-8,11H2,1-4H3. The van der Waals surface area contributed by atoms with E-state index in [-0.39, 0.29) is 18.0 Å². The number of nitrogens with zero attached hydrogens (tertiary/aromatic N) is 1. The number of hydrogen-bond donors (Lipinski definition) is 1. The zero-order valence-electron chi connectivity index (χ0n) is 15.0. The first-order chi connectivity index (χ1) is 11.6. The number of ether oxygens (including phenoxy) is 1. The van der Waals surface area contributed by atoms with Crippen molar-refractivity contribution in [3.63, 3.8) is 0 Å². The minimum absolute atomic E-state index is 0.143. The number of hydrogen-bond acceptors (Lipinski definition) is 4. The van der Waals surface area contributed by atoms with Gasteiger partial charge >= 0.3 is 6.09 Å². The third-order valence-electron chi connectivity index (χ3n) is 4.50. The smallest absolute Gasteiger partial charge is 0.410 e. The summed E-state index contributed by atoms with van der Waals surface area (Å²) in [7, 11) is 0. The molecule has 2 atom stereocenters. The summed E-state index contributed by atoms with van der Waals surface area (Å²) in [5, 5.41) is 12.0. The second kappa shape index (κ2) is 6.25. The SMILES string of the molecule is CC1CC(O)(c2cc3cc(F)ccc3s2)CCN1C(=O)OC(C)(C)C. The van der Waals surface area contributed by atoms with Crippen LogP contribution < -0.4 is 0 Å². The van der Waals surface area contributed by atoms with Crippen molar-refractivity contribution in [3.05, 3.63) is 35.0 Å². The molecule has 1 N–H and O–H groups in total. The molecule has 1 fully saturated rings. The lowest BCUT2D eigenvalue weighted by Crippen LogP contribution is -2.51. The van der Waals surface area contributed by atoms with Gasteiger partial charge in [0.25, 0.3) is 0 Å². The lowest BCUT2D eigenvalue weighted by atomic mass is 9.85. The molecule has 0 bridgehead atoms. The van der Waals surface area contributed by atoms with E-state index in [9.17, 15) is 14.3 Å². The molecule has 1 aromatic carbocycles. The number of carbonyl (C=O) groups excluding carboxylic acids is 1. The quantitative estimate of drug-likeness (QED) is 0.800. The van der Waals surface area contributed by atoms with Gasteiger partial charge in [-0.1, -0.05) is 0 Å². The van der Waals surface area contributed by atoms with Crippen molar-refractivity contribution < 1.29 is 19.0 Å². The molecule has 2 aromatic rings. The van der Waals surface area contributed by atoms with Gasteiger partial charge in [0, 0.05) is 28.6 Å². The number of likely N-dealkylation sites (tertiary alicyclic amines) is 1. The lowest BCUT2D eigenvalue weighted by Gasteiger charge is -2.42. The summed E-state index contributed by atoms with van der Waals surface area (Å²) in [4.78, 5) is 14.8. The molecule has 1 saturated heterocycles. The van der Waals surface area contributed by atoms with Crippen LogP contribution in [0.3, 0.4) is 0 Å². The molecule has 136 valence electrons. The first-order valence-electron chi connectivity index (χ1n) is 8.49. The zero-order valence-corrected chi connectivity index (χ0v) is 15.8. The topological polar surface area (TPSA) is 49.8 Å². The Hall–Kier alpha value is -1.66. The van der Waals surface area contributed by atoms with E-state index in [0.29, 0.717) is 19.4 Å². The van der Waals surface area contributed by atoms with E-state index in [1.807, 2.05) is 33.8 Å². The molecule has 1 amide bonds. The summed E-state index contributed by atoms with van der Waals surface area (Å²) in [6, 6.07) is 6.37. The number of benzene rings is 1. The Bertz CT molecular complexity index is 798. The van der Waals surface area contributed by atoms with Crippen LogP contribution in [0.2, 0.25) is 0 Å². The number of halogens is 1. The summed E-state index contributed by atoms with van der Waals surface area (Å²) in [6.07, 6.45) is 0.522. The first-order valence-corrected chi connectivity index (χ1v) is 9.31. The van der Waals surface area contributed by atoms with Gasteiger partial charge < -0.3 is 14.7 Å². The van der Waals surface area contributed by atoms with Gasteiger partial charge in [-0.2, -0.15) is 0 Å². The highest BCUT2D eigenvalue weighted by atomic mass is 32.1. The van der Waals surface area contributed by atoms with E-state index < -0.39 is 11.2 Å². The van der Waals surface area contributed by atoms with E-state index >= 15 is 0 Å². The summed E-state index contributed by atoms with van der Waals surface area (Å²) in [5.74, 6) is -0.281. The van der Waals surface area contributed by atoms with Crippen molar-refractivity contribution in [1.82, 2.24) is 4.90 Å². The predicted octanol–water partition coefficient (Wildman–Crippen LogP) is 4.65. The maximum absolute atomic E-state index is 13.4. The Morgan fingerprint density at radius 1 is 1.40 bits per heavy atom. The van der Waals surface area contributed by atoms with Crippen molar-refractivity contribution in [2.75, 3.05) is 6.54 Å². The predicted molar refractivity (Wildman–Crippen MR) is 97.3 cm³/mol. The van der Waals surface area contributed by atoms with Gasteiger partial charge in [0.1, 0.15) is 17.0 Å². The summed E-state index contributed by atoms with van der Waals surface area (Å²) >= 11 is 1.48. The minimum atomic E-state index is -1.00. The minimum Gasteiger partial charge on any atom is -0.444 e. The van der Waals surface area contributed by atoms with Crippen molar-refractivity contribution in [1.29, 1.82) is 0 Å². The molecule has 25 heavy (non-hydrogen) atoms. The lowest BCUT2D eigenvalue weighted by molar-refractivity contribution is -0.0525. The summed E-state index contributed by atoms with van der Waals surface area (Å²) < 4.78 is 19.8. The van der Waals surface area contributed by atoms with Gasteiger partial charge in [-0.15, -0.1) is 11.3 Å². The van der Waals surface area contributed by atoms with Crippen LogP contribution in [-0.2, 0) is 10.3 Å². The molecule has 0 aliphatic carbocycles. The molecule has 2 unspecified atom stereocenters. The van der Waals surface area contributed by atoms with Crippen molar-refractivity contribution in [3.8, 4) is 0 Å². The number of rotatable bonds is 1. The average molecular weight is 365 g/mol. The van der Waals surface area contributed by atoms with E-state index in [1.54, 1.807) is 11.0 Å². The zero-order chi connectivity index (χ0) is 18.4. The van der Waals surface area contributed by atoms with Crippen LogP contribution in [0.5, 0.6) is 0 Å². The van der Waals surface area contributed by atoms with Crippen molar-refractivity contribution in [2.24, 2.45) is 0 Å². The number of carbonyl (C=O) groups is 1. The van der Waals surface area contributed by atoms with Gasteiger partial charge in [-0.25, -0.2) is 9.18 Å². The Balaban J connectivity index is 1.79. The molecule has 1 aliphatic heterocycles.